The number of aliphatic hydroxyl groups is 2. The number of aliphatic hydroxyl groups excluding tert-OH is 2. The fourth-order valence-corrected chi connectivity index (χ4v) is 9.12. The molecule has 1 aromatic rings. The van der Waals surface area contributed by atoms with E-state index in [1.807, 2.05) is 0 Å². The van der Waals surface area contributed by atoms with Gasteiger partial charge in [0.25, 0.3) is 0 Å². The fraction of sp³-hybridized carbons (Fsp3) is 0.696. The van der Waals surface area contributed by atoms with Crippen LogP contribution in [0.25, 0.3) is 0 Å². The van der Waals surface area contributed by atoms with Gasteiger partial charge in [0.15, 0.2) is 0 Å². The Bertz CT molecular complexity index is 2320. The second-order valence-corrected chi connectivity index (χ2v) is 22.0. The van der Waals surface area contributed by atoms with Crippen LogP contribution < -0.4 is 87.2 Å². The van der Waals surface area contributed by atoms with Gasteiger partial charge >= 0.3 is 0 Å². The molecule has 0 bridgehead atoms. The lowest BCUT2D eigenvalue weighted by atomic mass is 10.00. The Morgan fingerprint density at radius 2 is 0.976 bits per heavy atom. The Morgan fingerprint density at radius 1 is 0.518 bits per heavy atom. The zero-order valence-electron chi connectivity index (χ0n) is 50.2. The molecule has 0 radical (unpaired) electrons. The maximum absolute atomic E-state index is 14.5. The number of amides is 11. The summed E-state index contributed by atoms with van der Waals surface area (Å²) < 4.78 is 0. The van der Waals surface area contributed by atoms with Crippen LogP contribution in [-0.4, -0.2) is 187 Å². The van der Waals surface area contributed by atoms with Crippen LogP contribution in [0.3, 0.4) is 0 Å². The molecule has 0 spiro atoms. The van der Waals surface area contributed by atoms with Crippen LogP contribution in [-0.2, 0) is 59.2 Å². The van der Waals surface area contributed by atoms with E-state index in [1.54, 1.807) is 44.2 Å². The van der Waals surface area contributed by atoms with E-state index in [-0.39, 0.29) is 90.0 Å². The van der Waals surface area contributed by atoms with Crippen molar-refractivity contribution in [3.8, 4) is 0 Å². The first kappa shape index (κ1) is 74.2. The third kappa shape index (κ3) is 26.9. The van der Waals surface area contributed by atoms with Crippen LogP contribution in [0.2, 0.25) is 0 Å². The van der Waals surface area contributed by atoms with Crippen molar-refractivity contribution in [3.63, 3.8) is 0 Å². The average Bonchev–Trinajstić information content (AvgIpc) is 3.70. The second-order valence-electron chi connectivity index (χ2n) is 22.0. The largest absolute Gasteiger partial charge is 0.391 e. The highest BCUT2D eigenvalue weighted by molar-refractivity contribution is 5.99. The van der Waals surface area contributed by atoms with Crippen molar-refractivity contribution in [1.29, 1.82) is 0 Å². The van der Waals surface area contributed by atoms with Crippen LogP contribution in [0.1, 0.15) is 124 Å². The van der Waals surface area contributed by atoms with Crippen molar-refractivity contribution in [1.82, 2.24) is 58.5 Å². The number of rotatable bonds is 31. The highest BCUT2D eigenvalue weighted by atomic mass is 16.3. The summed E-state index contributed by atoms with van der Waals surface area (Å²) in [5.41, 5.74) is 29.9. The third-order valence-electron chi connectivity index (χ3n) is 14.3. The quantitative estimate of drug-likeness (QED) is 0.0309. The lowest BCUT2D eigenvalue weighted by Crippen LogP contribution is -2.62. The summed E-state index contributed by atoms with van der Waals surface area (Å²) >= 11 is 0. The van der Waals surface area contributed by atoms with Gasteiger partial charge < -0.3 is 97.4 Å². The Kier molecular flexibility index (Phi) is 34.6. The number of hydrogen-bond acceptors (Lipinski definition) is 18. The summed E-state index contributed by atoms with van der Waals surface area (Å²) in [4.78, 5) is 153. The Hall–Kier alpha value is -6.89. The van der Waals surface area contributed by atoms with Crippen LogP contribution in [0.5, 0.6) is 0 Å². The van der Waals surface area contributed by atoms with Crippen LogP contribution in [0.15, 0.2) is 30.3 Å². The van der Waals surface area contributed by atoms with Crippen LogP contribution in [0.4, 0.5) is 0 Å². The number of nitrogens with one attached hydrogen (secondary N) is 11. The van der Waals surface area contributed by atoms with Gasteiger partial charge in [-0.2, -0.15) is 0 Å². The smallest absolute Gasteiger partial charge is 0.245 e. The van der Waals surface area contributed by atoms with Crippen molar-refractivity contribution in [2.75, 3.05) is 39.3 Å². The van der Waals surface area contributed by atoms with Gasteiger partial charge in [0, 0.05) is 19.4 Å². The molecule has 29 heteroatoms. The van der Waals surface area contributed by atoms with Crippen molar-refractivity contribution in [2.24, 2.45) is 40.5 Å². The highest BCUT2D eigenvalue weighted by Crippen LogP contribution is 2.14. The maximum Gasteiger partial charge on any atom is 0.245 e. The molecule has 23 N–H and O–H groups in total. The molecule has 0 unspecified atom stereocenters. The summed E-state index contributed by atoms with van der Waals surface area (Å²) in [6.45, 7) is 9.11. The van der Waals surface area contributed by atoms with E-state index in [9.17, 15) is 63.0 Å². The minimum Gasteiger partial charge on any atom is -0.391 e. The molecule has 29 nitrogen and oxygen atoms in total. The minimum atomic E-state index is -1.82. The number of carbonyl (C=O) groups is 11. The zero-order valence-corrected chi connectivity index (χ0v) is 50.2. The molecule has 1 aromatic carbocycles. The first-order valence-corrected chi connectivity index (χ1v) is 29.5. The number of unbranched alkanes of at least 4 members (excludes halogenated alkanes) is 1. The Morgan fingerprint density at radius 3 is 1.46 bits per heavy atom. The van der Waals surface area contributed by atoms with E-state index in [0.717, 1.165) is 26.2 Å². The molecular weight excluding hydrogens is 1100 g/mol. The summed E-state index contributed by atoms with van der Waals surface area (Å²) in [5.74, 6) is -9.33. The van der Waals surface area contributed by atoms with Gasteiger partial charge in [-0.15, -0.1) is 0 Å². The van der Waals surface area contributed by atoms with Crippen molar-refractivity contribution in [2.45, 2.75) is 198 Å². The SMILES string of the molecule is CC[C@H](C)CCCCC(=O)N[C@@H](CCN)C(=O)N[C@H](C(=O)N[C@@H](CCN)C(=O)NCC[C@@H]1NC(=O)[C@H]([C@@H](C)O)NC(=O)[C@H](CCN)NC(=O)[C@H](CCN)NC(=O)[C@H](CC(C)C)NC(=O)[C@@H](Cc2ccccc2)NC(=O)[C@H](CCN)NC1=O)[C@@H](C)O. The molecule has 1 aliphatic rings. The first-order valence-electron chi connectivity index (χ1n) is 29.5. The number of carbonyl (C=O) groups excluding carboxylic acids is 11. The Labute approximate surface area is 498 Å². The van der Waals surface area contributed by atoms with Crippen molar-refractivity contribution in [3.05, 3.63) is 35.9 Å². The molecule has 1 heterocycles. The van der Waals surface area contributed by atoms with Gasteiger partial charge in [0.05, 0.1) is 12.2 Å². The van der Waals surface area contributed by atoms with Gasteiger partial charge in [-0.05, 0) is 115 Å². The van der Waals surface area contributed by atoms with Gasteiger partial charge in [-0.1, -0.05) is 77.3 Å². The number of benzene rings is 1. The number of hydrogen-bond donors (Lipinski definition) is 18. The van der Waals surface area contributed by atoms with Crippen molar-refractivity contribution < 1.29 is 63.0 Å². The van der Waals surface area contributed by atoms with Gasteiger partial charge in [0.2, 0.25) is 65.0 Å². The van der Waals surface area contributed by atoms with E-state index in [1.165, 1.54) is 6.92 Å². The van der Waals surface area contributed by atoms with Gasteiger partial charge in [-0.25, -0.2) is 0 Å². The Balaban J connectivity index is 2.59. The average molecular weight is 1200 g/mol. The van der Waals surface area contributed by atoms with Crippen molar-refractivity contribution >= 4 is 65.0 Å². The van der Waals surface area contributed by atoms with E-state index < -0.39 is 151 Å². The predicted octanol–water partition coefficient (Wildman–Crippen LogP) is -5.24. The molecule has 11 amide bonds. The molecule has 85 heavy (non-hydrogen) atoms. The summed E-state index contributed by atoms with van der Waals surface area (Å²) in [6, 6.07) is -6.09. The molecule has 1 fully saturated rings. The highest BCUT2D eigenvalue weighted by Gasteiger charge is 2.38. The fourth-order valence-electron chi connectivity index (χ4n) is 9.12. The van der Waals surface area contributed by atoms with Crippen LogP contribution >= 0.6 is 0 Å². The van der Waals surface area contributed by atoms with Gasteiger partial charge in [0.1, 0.15) is 60.4 Å². The lowest BCUT2D eigenvalue weighted by Gasteiger charge is -2.28. The third-order valence-corrected chi connectivity index (χ3v) is 14.3. The molecule has 0 aromatic heterocycles. The zero-order chi connectivity index (χ0) is 63.8. The molecule has 480 valence electrons. The topological polar surface area (TPSA) is 491 Å². The predicted molar refractivity (Wildman–Crippen MR) is 316 cm³/mol. The lowest BCUT2D eigenvalue weighted by molar-refractivity contribution is -0.137. The molecule has 1 aliphatic heterocycles. The van der Waals surface area contributed by atoms with Gasteiger partial charge in [-0.3, -0.25) is 52.7 Å². The second kappa shape index (κ2) is 39.7. The molecule has 13 atom stereocenters. The monoisotopic (exact) mass is 1200 g/mol. The molecule has 0 aliphatic carbocycles. The van der Waals surface area contributed by atoms with E-state index in [2.05, 4.69) is 72.3 Å². The maximum atomic E-state index is 14.5. The van der Waals surface area contributed by atoms with E-state index in [4.69, 9.17) is 28.7 Å². The molecule has 1 saturated heterocycles. The number of nitrogens with two attached hydrogens (primary N) is 5. The summed E-state index contributed by atoms with van der Waals surface area (Å²) in [5, 5.41) is 49.7. The normalized spacial score (nSPS) is 22.6. The molecule has 0 saturated carbocycles. The molecule has 2 rings (SSSR count). The first-order chi connectivity index (χ1) is 40.3. The van der Waals surface area contributed by atoms with Crippen LogP contribution in [0, 0.1) is 11.8 Å². The molecular formula is C56H98N16O13. The van der Waals surface area contributed by atoms with E-state index >= 15 is 0 Å². The minimum absolute atomic E-state index is 0.00477. The summed E-state index contributed by atoms with van der Waals surface area (Å²) in [7, 11) is 0. The standard InChI is InChI=1S/C56H98N16O13/c1-7-32(4)13-11-12-16-44(75)63-37(18-24-58)51(80)71-45(33(5)73)55(84)67-36(17-23-57)47(76)62-28-22-41-50(79)64-39(20-26-60)49(78)70-43(30-35-14-9-8-10-15-35)54(83)69-42(29-31(2)3)53(82)66-38(19-25-59)48(77)65-40(21-27-61)52(81)72-46(34(6)74)56(85)68-41/h8-10,14-15,31-34,36-43,45-46,73-74H,7,11-13,16-30,57-61H2,1-6H3,(H,62,76)(H,63,75)(H,64,79)(H,65,77)(H,66,82)(H,67,84)(H,68,85)(H,69,83)(H,70,78)(H,71,80)(H,72,81)/t32-,33+,34+,36-,37-,38-,39-,40-,41-,42-,43+,45-,46-/m0/s1. The van der Waals surface area contributed by atoms with E-state index in [0.29, 0.717) is 17.9 Å². The summed E-state index contributed by atoms with van der Waals surface area (Å²) in [6.07, 6.45) is -0.903.